The average molecular weight is 711 g/mol. The second-order valence-corrected chi connectivity index (χ2v) is 13.7. The molecular weight excluding hydrogens is 678 g/mol. The van der Waals surface area contributed by atoms with Crippen molar-refractivity contribution in [2.24, 2.45) is 17.6 Å². The summed E-state index contributed by atoms with van der Waals surface area (Å²) in [6.45, 7) is 2.31. The number of fused-ring (bicyclic) bond motifs is 2. The van der Waals surface area contributed by atoms with Gasteiger partial charge in [-0.2, -0.15) is 8.78 Å². The van der Waals surface area contributed by atoms with E-state index in [9.17, 15) is 19.2 Å². The Morgan fingerprint density at radius 1 is 1.06 bits per heavy atom. The Labute approximate surface area is 290 Å². The number of cyclic esters (lactones) is 1. The Bertz CT molecular complexity index is 1920. The number of benzene rings is 1. The lowest BCUT2D eigenvalue weighted by atomic mass is 9.81. The molecule has 1 saturated carbocycles. The first-order valence-corrected chi connectivity index (χ1v) is 16.6. The number of hydrogen-bond acceptors (Lipinski definition) is 10. The molecule has 262 valence electrons. The predicted molar refractivity (Wildman–Crippen MR) is 173 cm³/mol. The Hall–Kier alpha value is -4.92. The summed E-state index contributed by atoms with van der Waals surface area (Å²) in [4.78, 5) is 67.3. The van der Waals surface area contributed by atoms with Crippen LogP contribution in [0.1, 0.15) is 77.0 Å². The maximum absolute atomic E-state index is 15.1. The van der Waals surface area contributed by atoms with Gasteiger partial charge in [-0.15, -0.1) is 0 Å². The van der Waals surface area contributed by atoms with Crippen LogP contribution in [0.4, 0.5) is 19.3 Å². The fourth-order valence-electron chi connectivity index (χ4n) is 7.10. The van der Waals surface area contributed by atoms with Gasteiger partial charge in [-0.05, 0) is 75.0 Å². The number of alkyl halides is 2. The van der Waals surface area contributed by atoms with Gasteiger partial charge in [0.25, 0.3) is 5.91 Å². The second-order valence-electron chi connectivity index (χ2n) is 13.3. The van der Waals surface area contributed by atoms with Gasteiger partial charge in [0.1, 0.15) is 5.82 Å². The van der Waals surface area contributed by atoms with Crippen LogP contribution in [0.2, 0.25) is 5.02 Å². The number of methoxy groups -OCH3 is 1. The van der Waals surface area contributed by atoms with Gasteiger partial charge < -0.3 is 24.8 Å². The zero-order valence-electron chi connectivity index (χ0n) is 27.2. The Morgan fingerprint density at radius 3 is 2.40 bits per heavy atom. The number of amides is 3. The van der Waals surface area contributed by atoms with Gasteiger partial charge in [-0.25, -0.2) is 19.6 Å². The number of carbonyl (C=O) groups is 4. The fraction of sp³-hybridized carbons (Fsp3) is 0.441. The van der Waals surface area contributed by atoms with E-state index in [1.54, 1.807) is 11.8 Å². The van der Waals surface area contributed by atoms with Crippen molar-refractivity contribution in [3.05, 3.63) is 64.0 Å². The number of nitrogens with two attached hydrogens (primary N) is 1. The molecule has 50 heavy (non-hydrogen) atoms. The lowest BCUT2D eigenvalue weighted by molar-refractivity contribution is -0.193. The number of ether oxygens (including phenoxy) is 3. The quantitative estimate of drug-likeness (QED) is 0.314. The highest BCUT2D eigenvalue weighted by Crippen LogP contribution is 2.49. The van der Waals surface area contributed by atoms with Crippen molar-refractivity contribution in [3.63, 3.8) is 0 Å². The summed E-state index contributed by atoms with van der Waals surface area (Å²) in [6.07, 6.45) is 1.88. The number of piperidine rings is 1. The second kappa shape index (κ2) is 12.4. The number of rotatable bonds is 8. The predicted octanol–water partition coefficient (Wildman–Crippen LogP) is 5.02. The topological polar surface area (TPSA) is 167 Å². The van der Waals surface area contributed by atoms with Crippen molar-refractivity contribution in [3.8, 4) is 16.9 Å². The highest BCUT2D eigenvalue weighted by atomic mass is 35.5. The van der Waals surface area contributed by atoms with Crippen molar-refractivity contribution >= 4 is 41.2 Å². The number of aromatic nitrogens is 3. The summed E-state index contributed by atoms with van der Waals surface area (Å²) in [5, 5.41) is 0.229. The maximum atomic E-state index is 15.1. The Morgan fingerprint density at radius 2 is 1.76 bits per heavy atom. The van der Waals surface area contributed by atoms with Crippen molar-refractivity contribution < 1.29 is 42.2 Å². The van der Waals surface area contributed by atoms with Crippen LogP contribution in [-0.2, 0) is 32.8 Å². The van der Waals surface area contributed by atoms with E-state index in [2.05, 4.69) is 9.97 Å². The number of pyridine rings is 1. The lowest BCUT2D eigenvalue weighted by Gasteiger charge is -2.35. The minimum absolute atomic E-state index is 0.00142. The number of likely N-dealkylation sites (tertiary alicyclic amines) is 1. The number of anilines is 1. The van der Waals surface area contributed by atoms with Gasteiger partial charge in [0.15, 0.2) is 11.4 Å². The number of carbonyl (C=O) groups excluding carboxylic acids is 4. The van der Waals surface area contributed by atoms with E-state index in [0.717, 1.165) is 17.7 Å². The van der Waals surface area contributed by atoms with Crippen molar-refractivity contribution in [1.82, 2.24) is 19.9 Å². The van der Waals surface area contributed by atoms with E-state index >= 15 is 8.78 Å². The van der Waals surface area contributed by atoms with Crippen molar-refractivity contribution in [1.29, 1.82) is 0 Å². The molecule has 1 aromatic carbocycles. The molecule has 0 bridgehead atoms. The van der Waals surface area contributed by atoms with Crippen LogP contribution in [-0.4, -0.2) is 70.0 Å². The van der Waals surface area contributed by atoms with Crippen LogP contribution < -0.4 is 15.4 Å². The molecule has 1 atom stereocenters. The Balaban J connectivity index is 1.32. The number of primary amides is 1. The number of halogens is 3. The molecule has 3 aromatic rings. The zero-order valence-corrected chi connectivity index (χ0v) is 28.0. The van der Waals surface area contributed by atoms with Gasteiger partial charge in [-0.3, -0.25) is 19.5 Å². The molecule has 1 saturated heterocycles. The molecule has 0 spiro atoms. The molecule has 2 fully saturated rings. The van der Waals surface area contributed by atoms with Crippen LogP contribution in [0.3, 0.4) is 0 Å². The zero-order chi connectivity index (χ0) is 35.5. The summed E-state index contributed by atoms with van der Waals surface area (Å²) in [6, 6.07) is 4.14. The third-order valence-corrected chi connectivity index (χ3v) is 9.89. The van der Waals surface area contributed by atoms with Crippen molar-refractivity contribution in [2.45, 2.75) is 63.7 Å². The molecule has 2 N–H and O–H groups in total. The summed E-state index contributed by atoms with van der Waals surface area (Å²) in [7, 11) is 1.33. The molecule has 7 rings (SSSR count). The van der Waals surface area contributed by atoms with E-state index in [1.807, 2.05) is 0 Å². The summed E-state index contributed by atoms with van der Waals surface area (Å²) in [5.41, 5.74) is 5.78. The van der Waals surface area contributed by atoms with E-state index in [4.69, 9.17) is 36.5 Å². The molecule has 3 amide bonds. The van der Waals surface area contributed by atoms with Gasteiger partial charge in [0, 0.05) is 31.0 Å². The molecule has 4 aliphatic rings. The Kier molecular flexibility index (Phi) is 8.36. The molecule has 5 heterocycles. The number of hydrogen-bond donors (Lipinski definition) is 1. The minimum Gasteiger partial charge on any atom is -0.453 e. The summed E-state index contributed by atoms with van der Waals surface area (Å²) >= 11 is 5.87. The first kappa shape index (κ1) is 33.6. The molecule has 3 aliphatic heterocycles. The molecule has 16 heteroatoms. The molecule has 13 nitrogen and oxygen atoms in total. The first-order valence-electron chi connectivity index (χ1n) is 16.2. The molecular formula is C34H33ClF2N6O7. The summed E-state index contributed by atoms with van der Waals surface area (Å²) in [5.74, 6) is -3.19. The number of nitrogens with zero attached hydrogens (tertiary/aromatic N) is 5. The molecule has 0 radical (unpaired) electrons. The normalized spacial score (nSPS) is 21.3. The van der Waals surface area contributed by atoms with Gasteiger partial charge in [0.05, 0.1) is 46.9 Å². The average Bonchev–Trinajstić information content (AvgIpc) is 3.86. The van der Waals surface area contributed by atoms with Crippen LogP contribution in [0.5, 0.6) is 5.75 Å². The highest BCUT2D eigenvalue weighted by Gasteiger charge is 2.52. The van der Waals surface area contributed by atoms with E-state index in [0.29, 0.717) is 50.2 Å². The fourth-order valence-corrected chi connectivity index (χ4v) is 7.19. The van der Waals surface area contributed by atoms with Crippen LogP contribution in [0.15, 0.2) is 30.6 Å². The van der Waals surface area contributed by atoms with E-state index < -0.39 is 42.1 Å². The van der Waals surface area contributed by atoms with Crippen LogP contribution >= 0.6 is 11.6 Å². The van der Waals surface area contributed by atoms with Crippen LogP contribution in [0, 0.1) is 11.8 Å². The first-order chi connectivity index (χ1) is 23.8. The summed E-state index contributed by atoms with van der Waals surface area (Å²) < 4.78 is 46.0. The van der Waals surface area contributed by atoms with Crippen LogP contribution in [0.25, 0.3) is 11.1 Å². The standard InChI is InChI=1S/C34H33ClF2N6O7/c1-33(13-18-7-9-42(10-8-18)32(47)48-2)28-27(30(45)50-33)25(26(29(38)44)21(41-28)11-17-3-4-17)19-5-6-22-23(12-19)49-34(36,37)31(46)43(22)16-24-39-14-20(35)15-40-24/h5-6,12,14-15,17-18H,3-4,7-11,13,16H2,1-2H3,(H2,38,44)/t33-/m1/s1. The maximum Gasteiger partial charge on any atom is 0.482 e. The largest absolute Gasteiger partial charge is 0.482 e. The molecule has 0 unspecified atom stereocenters. The van der Waals surface area contributed by atoms with E-state index in [-0.39, 0.29) is 56.4 Å². The number of esters is 1. The molecule has 1 aliphatic carbocycles. The highest BCUT2D eigenvalue weighted by molar-refractivity contribution is 6.30. The van der Waals surface area contributed by atoms with E-state index in [1.165, 1.54) is 37.7 Å². The molecule has 2 aromatic heterocycles. The third-order valence-electron chi connectivity index (χ3n) is 9.69. The van der Waals surface area contributed by atoms with Gasteiger partial charge in [0.2, 0.25) is 0 Å². The lowest BCUT2D eigenvalue weighted by Crippen LogP contribution is -2.50. The van der Waals surface area contributed by atoms with Crippen molar-refractivity contribution in [2.75, 3.05) is 25.1 Å². The smallest absolute Gasteiger partial charge is 0.453 e. The third kappa shape index (κ3) is 6.07. The SMILES string of the molecule is COC(=O)N1CCC(C[C@@]2(C)OC(=O)c3c2nc(CC2CC2)c(C(N)=O)c3-c2ccc3c(c2)OC(F)(F)C(=O)N3Cc2ncc(Cl)cn2)CC1. The monoisotopic (exact) mass is 710 g/mol. The minimum atomic E-state index is -4.25. The van der Waals surface area contributed by atoms with Gasteiger partial charge >= 0.3 is 24.1 Å². The van der Waals surface area contributed by atoms with Gasteiger partial charge in [-0.1, -0.05) is 17.7 Å².